The summed E-state index contributed by atoms with van der Waals surface area (Å²) in [5.41, 5.74) is -0.296. The number of esters is 1. The maximum atomic E-state index is 12.7. The van der Waals surface area contributed by atoms with Crippen LogP contribution in [-0.4, -0.2) is 48.7 Å². The number of rotatable bonds is 4. The summed E-state index contributed by atoms with van der Waals surface area (Å²) in [6, 6.07) is -0.341. The maximum absolute atomic E-state index is 12.7. The lowest BCUT2D eigenvalue weighted by atomic mass is 9.86. The molecule has 7 nitrogen and oxygen atoms in total. The third-order valence-corrected chi connectivity index (χ3v) is 4.35. The molecule has 148 valence electrons. The first-order chi connectivity index (χ1) is 12.2. The summed E-state index contributed by atoms with van der Waals surface area (Å²) in [5.74, 6) is -1.27. The van der Waals surface area contributed by atoms with E-state index in [1.807, 2.05) is 32.9 Å². The molecule has 0 fully saturated rings. The van der Waals surface area contributed by atoms with E-state index in [4.69, 9.17) is 9.84 Å². The predicted octanol–water partition coefficient (Wildman–Crippen LogP) is 1.31. The zero-order chi connectivity index (χ0) is 19.6. The van der Waals surface area contributed by atoms with E-state index >= 15 is 0 Å². The molecule has 26 heavy (non-hydrogen) atoms. The van der Waals surface area contributed by atoms with Crippen molar-refractivity contribution in [1.29, 1.82) is 0 Å². The van der Waals surface area contributed by atoms with Crippen LogP contribution in [0.5, 0.6) is 0 Å². The molecule has 0 aromatic heterocycles. The third-order valence-electron chi connectivity index (χ3n) is 4.35. The Kier molecular flexibility index (Phi) is 9.34. The van der Waals surface area contributed by atoms with E-state index < -0.39 is 5.92 Å². The van der Waals surface area contributed by atoms with Crippen LogP contribution in [0.4, 0.5) is 0 Å². The summed E-state index contributed by atoms with van der Waals surface area (Å²) in [4.78, 5) is 36.5. The second kappa shape index (κ2) is 11.0. The molecule has 1 aliphatic rings. The Morgan fingerprint density at radius 3 is 2.73 bits per heavy atom. The van der Waals surface area contributed by atoms with Gasteiger partial charge in [-0.3, -0.25) is 14.4 Å². The molecular weight excluding hydrogens is 336 g/mol. The van der Waals surface area contributed by atoms with Crippen molar-refractivity contribution in [3.05, 3.63) is 12.2 Å². The van der Waals surface area contributed by atoms with Gasteiger partial charge in [0.1, 0.15) is 6.61 Å². The van der Waals surface area contributed by atoms with E-state index in [1.165, 1.54) is 0 Å². The van der Waals surface area contributed by atoms with Gasteiger partial charge in [-0.05, 0) is 24.7 Å². The average molecular weight is 368 g/mol. The number of cyclic esters (lactones) is 1. The largest absolute Gasteiger partial charge is 0.463 e. The number of nitrogens with one attached hydrogen (secondary N) is 2. The van der Waals surface area contributed by atoms with Crippen LogP contribution < -0.4 is 10.6 Å². The zero-order valence-electron chi connectivity index (χ0n) is 16.0. The van der Waals surface area contributed by atoms with Crippen molar-refractivity contribution in [2.24, 2.45) is 11.3 Å². The highest BCUT2D eigenvalue weighted by Crippen LogP contribution is 2.22. The SMILES string of the molecule is CC(C)(C)[C@H]1COC(=O)CCC/C=C/C[C@H](CC(=O)NCCO)C(=O)N1. The van der Waals surface area contributed by atoms with Crippen molar-refractivity contribution >= 4 is 17.8 Å². The number of amides is 2. The molecule has 0 radical (unpaired) electrons. The van der Waals surface area contributed by atoms with Gasteiger partial charge in [0.2, 0.25) is 11.8 Å². The van der Waals surface area contributed by atoms with Crippen LogP contribution in [0, 0.1) is 11.3 Å². The fourth-order valence-electron chi connectivity index (χ4n) is 2.56. The number of hydrogen-bond donors (Lipinski definition) is 3. The van der Waals surface area contributed by atoms with Crippen LogP contribution in [0.3, 0.4) is 0 Å². The highest BCUT2D eigenvalue weighted by Gasteiger charge is 2.30. The number of aliphatic hydroxyl groups is 1. The lowest BCUT2D eigenvalue weighted by molar-refractivity contribution is -0.146. The van der Waals surface area contributed by atoms with Crippen molar-refractivity contribution in [2.75, 3.05) is 19.8 Å². The average Bonchev–Trinajstić information content (AvgIpc) is 2.57. The van der Waals surface area contributed by atoms with Gasteiger partial charge in [-0.2, -0.15) is 0 Å². The van der Waals surface area contributed by atoms with Gasteiger partial charge in [-0.25, -0.2) is 0 Å². The third kappa shape index (κ3) is 8.47. The van der Waals surface area contributed by atoms with Crippen molar-refractivity contribution in [2.45, 2.75) is 58.9 Å². The smallest absolute Gasteiger partial charge is 0.305 e. The Morgan fingerprint density at radius 1 is 1.35 bits per heavy atom. The molecule has 0 unspecified atom stereocenters. The monoisotopic (exact) mass is 368 g/mol. The van der Waals surface area contributed by atoms with Gasteiger partial charge < -0.3 is 20.5 Å². The number of ether oxygens (including phenoxy) is 1. The molecule has 3 N–H and O–H groups in total. The molecule has 0 aromatic rings. The topological polar surface area (TPSA) is 105 Å². The standard InChI is InChI=1S/C19H32N2O5/c1-19(2,3)15-13-26-17(24)9-7-5-4-6-8-14(18(25)21-15)12-16(23)20-10-11-22/h4,6,14-15,22H,5,7-13H2,1-3H3,(H,20,23)(H,21,25)/b6-4+/t14-,15-/m1/s1. The first kappa shape index (κ1) is 22.2. The minimum Gasteiger partial charge on any atom is -0.463 e. The van der Waals surface area contributed by atoms with Gasteiger partial charge in [0.05, 0.1) is 18.6 Å². The molecule has 2 amide bonds. The Bertz CT molecular complexity index is 511. The van der Waals surface area contributed by atoms with E-state index in [0.717, 1.165) is 6.42 Å². The van der Waals surface area contributed by atoms with Gasteiger partial charge >= 0.3 is 5.97 Å². The van der Waals surface area contributed by atoms with Crippen molar-refractivity contribution in [1.82, 2.24) is 10.6 Å². The fraction of sp³-hybridized carbons (Fsp3) is 0.737. The lowest BCUT2D eigenvalue weighted by Gasteiger charge is -2.32. The molecular formula is C19H32N2O5. The number of carbonyl (C=O) groups excluding carboxylic acids is 3. The van der Waals surface area contributed by atoms with E-state index in [0.29, 0.717) is 19.3 Å². The highest BCUT2D eigenvalue weighted by molar-refractivity contribution is 5.86. The molecule has 2 atom stereocenters. The minimum absolute atomic E-state index is 0.0484. The van der Waals surface area contributed by atoms with Crippen LogP contribution >= 0.6 is 0 Å². The van der Waals surface area contributed by atoms with E-state index in [2.05, 4.69) is 10.6 Å². The van der Waals surface area contributed by atoms with Crippen LogP contribution in [0.15, 0.2) is 12.2 Å². The van der Waals surface area contributed by atoms with Crippen LogP contribution in [-0.2, 0) is 19.1 Å². The summed E-state index contributed by atoms with van der Waals surface area (Å²) >= 11 is 0. The lowest BCUT2D eigenvalue weighted by Crippen LogP contribution is -2.49. The van der Waals surface area contributed by atoms with Crippen molar-refractivity contribution in [3.8, 4) is 0 Å². The molecule has 0 bridgehead atoms. The predicted molar refractivity (Wildman–Crippen MR) is 98.2 cm³/mol. The van der Waals surface area contributed by atoms with Crippen molar-refractivity contribution < 1.29 is 24.2 Å². The molecule has 1 aliphatic heterocycles. The van der Waals surface area contributed by atoms with Gasteiger partial charge in [0.15, 0.2) is 0 Å². The first-order valence-electron chi connectivity index (χ1n) is 9.22. The Balaban J connectivity index is 2.88. The minimum atomic E-state index is -0.508. The normalized spacial score (nSPS) is 24.3. The van der Waals surface area contributed by atoms with Gasteiger partial charge in [-0.1, -0.05) is 32.9 Å². The zero-order valence-corrected chi connectivity index (χ0v) is 16.0. The van der Waals surface area contributed by atoms with Gasteiger partial charge in [-0.15, -0.1) is 0 Å². The van der Waals surface area contributed by atoms with Crippen LogP contribution in [0.2, 0.25) is 0 Å². The summed E-state index contributed by atoms with van der Waals surface area (Å²) in [7, 11) is 0. The number of aliphatic hydroxyl groups excluding tert-OH is 1. The summed E-state index contributed by atoms with van der Waals surface area (Å²) < 4.78 is 5.33. The van der Waals surface area contributed by atoms with E-state index in [-0.39, 0.29) is 55.4 Å². The molecule has 0 spiro atoms. The first-order valence-corrected chi connectivity index (χ1v) is 9.22. The van der Waals surface area contributed by atoms with Gasteiger partial charge in [0.25, 0.3) is 0 Å². The van der Waals surface area contributed by atoms with Gasteiger partial charge in [0, 0.05) is 19.4 Å². The van der Waals surface area contributed by atoms with E-state index in [1.54, 1.807) is 0 Å². The summed E-state index contributed by atoms with van der Waals surface area (Å²) in [6.07, 6.45) is 6.08. The van der Waals surface area contributed by atoms with Crippen LogP contribution in [0.1, 0.15) is 52.9 Å². The highest BCUT2D eigenvalue weighted by atomic mass is 16.5. The molecule has 0 aromatic carbocycles. The molecule has 1 heterocycles. The quantitative estimate of drug-likeness (QED) is 0.512. The Labute approximate surface area is 155 Å². The maximum Gasteiger partial charge on any atom is 0.305 e. The molecule has 7 heteroatoms. The summed E-state index contributed by atoms with van der Waals surface area (Å²) in [6.45, 7) is 6.04. The fourth-order valence-corrected chi connectivity index (χ4v) is 2.56. The number of allylic oxidation sites excluding steroid dienone is 2. The second-order valence-corrected chi connectivity index (χ2v) is 7.68. The van der Waals surface area contributed by atoms with E-state index in [9.17, 15) is 14.4 Å². The molecule has 1 rings (SSSR count). The number of hydrogen-bond acceptors (Lipinski definition) is 5. The van der Waals surface area contributed by atoms with Crippen molar-refractivity contribution in [3.63, 3.8) is 0 Å². The Morgan fingerprint density at radius 2 is 2.08 bits per heavy atom. The van der Waals surface area contributed by atoms with Crippen LogP contribution in [0.25, 0.3) is 0 Å². The molecule has 0 saturated carbocycles. The molecule has 0 saturated heterocycles. The summed E-state index contributed by atoms with van der Waals surface area (Å²) in [5, 5.41) is 14.3. The number of carbonyl (C=O) groups is 3. The Hall–Kier alpha value is -1.89. The molecule has 0 aliphatic carbocycles. The second-order valence-electron chi connectivity index (χ2n) is 7.68.